The topological polar surface area (TPSA) is 72.2 Å². The Hall–Kier alpha value is -2.44. The van der Waals surface area contributed by atoms with Crippen LogP contribution in [0.4, 0.5) is 0 Å². The maximum Gasteiger partial charge on any atom is 0.241 e. The number of aryl methyl sites for hydroxylation is 3. The van der Waals surface area contributed by atoms with Crippen LogP contribution >= 0.6 is 0 Å². The molecule has 1 aromatic heterocycles. The van der Waals surface area contributed by atoms with Gasteiger partial charge in [0, 0.05) is 11.6 Å². The van der Waals surface area contributed by atoms with E-state index in [9.17, 15) is 8.42 Å². The number of fused-ring (bicyclic) bond motifs is 1. The van der Waals surface area contributed by atoms with Gasteiger partial charge in [-0.25, -0.2) is 13.1 Å². The zero-order valence-electron chi connectivity index (χ0n) is 15.4. The number of nitrogens with zero attached hydrogens (tertiary/aromatic N) is 1. The van der Waals surface area contributed by atoms with Crippen molar-refractivity contribution in [1.29, 1.82) is 0 Å². The lowest BCUT2D eigenvalue weighted by Crippen LogP contribution is -2.31. The predicted molar refractivity (Wildman–Crippen MR) is 104 cm³/mol. The summed E-state index contributed by atoms with van der Waals surface area (Å²) in [6, 6.07) is 14.8. The van der Waals surface area contributed by atoms with Gasteiger partial charge in [0.25, 0.3) is 0 Å². The molecule has 0 spiro atoms. The van der Waals surface area contributed by atoms with Crippen LogP contribution in [0.3, 0.4) is 0 Å². The summed E-state index contributed by atoms with van der Waals surface area (Å²) in [5, 5.41) is 3.96. The van der Waals surface area contributed by atoms with Crippen LogP contribution in [0.2, 0.25) is 0 Å². The Bertz CT molecular complexity index is 1050. The van der Waals surface area contributed by atoms with Crippen molar-refractivity contribution in [3.05, 3.63) is 71.1 Å². The SMILES string of the molecule is Cc1noc(C)c1-c1ccc(S(=O)(=O)N[C@@H]2CCCc3ccccc32)cc1. The van der Waals surface area contributed by atoms with Crippen molar-refractivity contribution in [1.82, 2.24) is 9.88 Å². The van der Waals surface area contributed by atoms with Crippen LogP contribution in [-0.4, -0.2) is 13.6 Å². The first-order valence-electron chi connectivity index (χ1n) is 9.09. The van der Waals surface area contributed by atoms with Gasteiger partial charge < -0.3 is 4.52 Å². The van der Waals surface area contributed by atoms with E-state index >= 15 is 0 Å². The van der Waals surface area contributed by atoms with Crippen molar-refractivity contribution in [2.75, 3.05) is 0 Å². The Morgan fingerprint density at radius 2 is 1.81 bits per heavy atom. The fourth-order valence-corrected chi connectivity index (χ4v) is 5.08. The van der Waals surface area contributed by atoms with Gasteiger partial charge in [-0.2, -0.15) is 0 Å². The van der Waals surface area contributed by atoms with Gasteiger partial charge in [-0.15, -0.1) is 0 Å². The van der Waals surface area contributed by atoms with Gasteiger partial charge >= 0.3 is 0 Å². The minimum atomic E-state index is -3.60. The highest BCUT2D eigenvalue weighted by atomic mass is 32.2. The summed E-state index contributed by atoms with van der Waals surface area (Å²) >= 11 is 0. The van der Waals surface area contributed by atoms with Crippen LogP contribution in [0.5, 0.6) is 0 Å². The van der Waals surface area contributed by atoms with Gasteiger partial charge in [-0.3, -0.25) is 0 Å². The number of aromatic nitrogens is 1. The molecule has 0 fully saturated rings. The molecule has 3 aromatic rings. The third-order valence-electron chi connectivity index (χ3n) is 5.15. The first-order chi connectivity index (χ1) is 13.0. The second kappa shape index (κ2) is 6.94. The smallest absolute Gasteiger partial charge is 0.241 e. The second-order valence-electron chi connectivity index (χ2n) is 6.99. The molecule has 1 atom stereocenters. The highest BCUT2D eigenvalue weighted by molar-refractivity contribution is 7.89. The number of hydrogen-bond acceptors (Lipinski definition) is 4. The quantitative estimate of drug-likeness (QED) is 0.730. The minimum Gasteiger partial charge on any atom is -0.361 e. The van der Waals surface area contributed by atoms with Crippen LogP contribution in [0.25, 0.3) is 11.1 Å². The van der Waals surface area contributed by atoms with Gasteiger partial charge in [0.05, 0.1) is 10.6 Å². The van der Waals surface area contributed by atoms with Crippen molar-refractivity contribution >= 4 is 10.0 Å². The number of benzene rings is 2. The molecule has 0 unspecified atom stereocenters. The maximum absolute atomic E-state index is 12.9. The molecule has 0 bridgehead atoms. The Kier molecular flexibility index (Phi) is 4.61. The van der Waals surface area contributed by atoms with E-state index in [1.807, 2.05) is 32.0 Å². The molecular weight excluding hydrogens is 360 g/mol. The fraction of sp³-hybridized carbons (Fsp3) is 0.286. The monoisotopic (exact) mass is 382 g/mol. The molecule has 1 aliphatic rings. The fourth-order valence-electron chi connectivity index (χ4n) is 3.83. The lowest BCUT2D eigenvalue weighted by molar-refractivity contribution is 0.393. The molecule has 5 nitrogen and oxygen atoms in total. The lowest BCUT2D eigenvalue weighted by Gasteiger charge is -2.26. The second-order valence-corrected chi connectivity index (χ2v) is 8.70. The number of sulfonamides is 1. The number of nitrogens with one attached hydrogen (secondary N) is 1. The van der Waals surface area contributed by atoms with Crippen LogP contribution in [0, 0.1) is 13.8 Å². The third kappa shape index (κ3) is 3.42. The molecule has 27 heavy (non-hydrogen) atoms. The molecule has 1 aliphatic carbocycles. The number of hydrogen-bond donors (Lipinski definition) is 1. The highest BCUT2D eigenvalue weighted by Crippen LogP contribution is 2.32. The normalized spacial score (nSPS) is 16.9. The van der Waals surface area contributed by atoms with Crippen molar-refractivity contribution < 1.29 is 12.9 Å². The van der Waals surface area contributed by atoms with E-state index in [1.54, 1.807) is 24.3 Å². The van der Waals surface area contributed by atoms with Gasteiger partial charge in [0.1, 0.15) is 5.76 Å². The maximum atomic E-state index is 12.9. The summed E-state index contributed by atoms with van der Waals surface area (Å²) in [7, 11) is -3.60. The summed E-state index contributed by atoms with van der Waals surface area (Å²) < 4.78 is 33.9. The molecule has 0 saturated heterocycles. The molecular formula is C21H22N2O3S. The van der Waals surface area contributed by atoms with E-state index < -0.39 is 10.0 Å². The summed E-state index contributed by atoms with van der Waals surface area (Å²) in [4.78, 5) is 0.265. The molecule has 4 rings (SSSR count). The molecule has 140 valence electrons. The zero-order valence-corrected chi connectivity index (χ0v) is 16.2. The van der Waals surface area contributed by atoms with E-state index in [1.165, 1.54) is 5.56 Å². The number of rotatable bonds is 4. The van der Waals surface area contributed by atoms with Crippen LogP contribution in [-0.2, 0) is 16.4 Å². The first kappa shape index (κ1) is 17.9. The zero-order chi connectivity index (χ0) is 19.0. The van der Waals surface area contributed by atoms with Crippen molar-refractivity contribution in [2.24, 2.45) is 0 Å². The average Bonchev–Trinajstić information content (AvgIpc) is 3.00. The Balaban J connectivity index is 1.60. The lowest BCUT2D eigenvalue weighted by atomic mass is 9.88. The third-order valence-corrected chi connectivity index (χ3v) is 6.64. The highest BCUT2D eigenvalue weighted by Gasteiger charge is 2.25. The van der Waals surface area contributed by atoms with Crippen LogP contribution in [0.1, 0.15) is 41.5 Å². The Morgan fingerprint density at radius 1 is 1.07 bits per heavy atom. The molecule has 0 amide bonds. The van der Waals surface area contributed by atoms with Gasteiger partial charge in [-0.05, 0) is 61.9 Å². The molecule has 0 aliphatic heterocycles. The Morgan fingerprint density at radius 3 is 2.52 bits per heavy atom. The molecule has 6 heteroatoms. The summed E-state index contributed by atoms with van der Waals surface area (Å²) in [5.41, 5.74) is 4.91. The molecule has 1 N–H and O–H groups in total. The summed E-state index contributed by atoms with van der Waals surface area (Å²) in [6.07, 6.45) is 2.79. The van der Waals surface area contributed by atoms with Crippen molar-refractivity contribution in [3.8, 4) is 11.1 Å². The minimum absolute atomic E-state index is 0.179. The summed E-state index contributed by atoms with van der Waals surface area (Å²) in [6.45, 7) is 3.72. The molecule has 0 saturated carbocycles. The van der Waals surface area contributed by atoms with E-state index in [2.05, 4.69) is 15.9 Å². The van der Waals surface area contributed by atoms with E-state index in [4.69, 9.17) is 4.52 Å². The standard InChI is InChI=1S/C21H22N2O3S/c1-14-21(15(2)26-22-14)17-10-12-18(13-11-17)27(24,25)23-20-9-5-7-16-6-3-4-8-19(16)20/h3-4,6,8,10-13,20,23H,5,7,9H2,1-2H3/t20-/m1/s1. The molecule has 0 radical (unpaired) electrons. The first-order valence-corrected chi connectivity index (χ1v) is 10.6. The van der Waals surface area contributed by atoms with E-state index in [0.29, 0.717) is 0 Å². The van der Waals surface area contributed by atoms with Crippen LogP contribution < -0.4 is 4.72 Å². The van der Waals surface area contributed by atoms with E-state index in [0.717, 1.165) is 47.4 Å². The molecule has 2 aromatic carbocycles. The van der Waals surface area contributed by atoms with Gasteiger partial charge in [-0.1, -0.05) is 41.6 Å². The van der Waals surface area contributed by atoms with Gasteiger partial charge in [0.15, 0.2) is 0 Å². The molecule has 1 heterocycles. The predicted octanol–water partition coefficient (Wildman–Crippen LogP) is 4.31. The van der Waals surface area contributed by atoms with E-state index in [-0.39, 0.29) is 10.9 Å². The largest absolute Gasteiger partial charge is 0.361 e. The van der Waals surface area contributed by atoms with Crippen LogP contribution in [0.15, 0.2) is 57.9 Å². The van der Waals surface area contributed by atoms with Crippen molar-refractivity contribution in [2.45, 2.75) is 44.0 Å². The summed E-state index contributed by atoms with van der Waals surface area (Å²) in [5.74, 6) is 0.722. The average molecular weight is 382 g/mol. The van der Waals surface area contributed by atoms with Crippen molar-refractivity contribution in [3.63, 3.8) is 0 Å². The van der Waals surface area contributed by atoms with Gasteiger partial charge in [0.2, 0.25) is 10.0 Å². The Labute approximate surface area is 159 Å².